The van der Waals surface area contributed by atoms with Crippen LogP contribution in [-0.4, -0.2) is 7.85 Å². The van der Waals surface area contributed by atoms with Crippen molar-refractivity contribution in [2.24, 2.45) is 0 Å². The predicted octanol–water partition coefficient (Wildman–Crippen LogP) is 6.18. The molecule has 0 atom stereocenters. The summed E-state index contributed by atoms with van der Waals surface area (Å²) in [6, 6.07) is 32.0. The van der Waals surface area contributed by atoms with Crippen molar-refractivity contribution in [1.29, 1.82) is 0 Å². The molecule has 0 aliphatic carbocycles. The first kappa shape index (κ1) is 15.4. The number of hydrogen-bond donors (Lipinski definition) is 0. The molecule has 0 spiro atoms. The smallest absolute Gasteiger partial charge is 0.115 e. The van der Waals surface area contributed by atoms with E-state index < -0.39 is 0 Å². The Morgan fingerprint density at radius 3 is 1.88 bits per heavy atom. The number of benzene rings is 4. The minimum absolute atomic E-state index is 0.856. The van der Waals surface area contributed by atoms with Gasteiger partial charge < -0.3 is 0 Å². The minimum atomic E-state index is 0.856. The maximum atomic E-state index is 6.20. The van der Waals surface area contributed by atoms with Gasteiger partial charge in [0, 0.05) is 14.8 Å². The van der Waals surface area contributed by atoms with Gasteiger partial charge >= 0.3 is 0 Å². The molecule has 0 saturated heterocycles. The third-order valence-corrected chi connectivity index (χ3v) is 6.16. The second-order valence-corrected chi connectivity index (χ2v) is 7.47. The normalized spacial score (nSPS) is 11.2. The first-order valence-electron chi connectivity index (χ1n) is 8.67. The van der Waals surface area contributed by atoms with E-state index in [9.17, 15) is 0 Å². The van der Waals surface area contributed by atoms with Crippen LogP contribution in [0.15, 0.2) is 91.0 Å². The van der Waals surface area contributed by atoms with Crippen molar-refractivity contribution >= 4 is 44.8 Å². The molecule has 0 fully saturated rings. The standard InChI is InChI=1S/C24H15BS/c25-22-11-5-10-21-20-9-4-8-19(23(20)26-24(21)22)18-14-12-17(13-15-18)16-6-2-1-3-7-16/h1-15H. The molecule has 2 radical (unpaired) electrons. The summed E-state index contributed by atoms with van der Waals surface area (Å²) < 4.78 is 2.48. The molecule has 5 rings (SSSR count). The van der Waals surface area contributed by atoms with E-state index in [0.717, 1.165) is 5.46 Å². The molecule has 0 bridgehead atoms. The van der Waals surface area contributed by atoms with Gasteiger partial charge in [-0.1, -0.05) is 96.5 Å². The molecule has 0 aliphatic rings. The molecule has 4 aromatic carbocycles. The molecule has 0 N–H and O–H groups in total. The molecule has 2 heteroatoms. The second kappa shape index (κ2) is 6.15. The molecule has 0 unspecified atom stereocenters. The Morgan fingerprint density at radius 2 is 1.12 bits per heavy atom. The summed E-state index contributed by atoms with van der Waals surface area (Å²) in [5, 5.41) is 2.52. The molecule has 0 nitrogen and oxygen atoms in total. The van der Waals surface area contributed by atoms with Crippen LogP contribution in [0.25, 0.3) is 42.4 Å². The lowest BCUT2D eigenvalue weighted by atomic mass is 9.94. The summed E-state index contributed by atoms with van der Waals surface area (Å²) >= 11 is 1.79. The van der Waals surface area contributed by atoms with Crippen LogP contribution in [0.3, 0.4) is 0 Å². The Labute approximate surface area is 158 Å². The van der Waals surface area contributed by atoms with Crippen LogP contribution in [0.2, 0.25) is 0 Å². The van der Waals surface area contributed by atoms with E-state index in [-0.39, 0.29) is 0 Å². The third-order valence-electron chi connectivity index (χ3n) is 4.86. The van der Waals surface area contributed by atoms with Gasteiger partial charge in [-0.25, -0.2) is 0 Å². The molecule has 1 heterocycles. The van der Waals surface area contributed by atoms with Gasteiger partial charge in [0.1, 0.15) is 7.85 Å². The fourth-order valence-electron chi connectivity index (χ4n) is 3.54. The number of hydrogen-bond acceptors (Lipinski definition) is 1. The van der Waals surface area contributed by atoms with E-state index in [2.05, 4.69) is 72.8 Å². The Hall–Kier alpha value is -2.84. The van der Waals surface area contributed by atoms with Crippen molar-refractivity contribution in [3.05, 3.63) is 91.0 Å². The maximum absolute atomic E-state index is 6.20. The Balaban J connectivity index is 1.67. The van der Waals surface area contributed by atoms with Gasteiger partial charge in [0.15, 0.2) is 0 Å². The van der Waals surface area contributed by atoms with Crippen LogP contribution < -0.4 is 5.46 Å². The van der Waals surface area contributed by atoms with Gasteiger partial charge in [0.25, 0.3) is 0 Å². The maximum Gasteiger partial charge on any atom is 0.115 e. The van der Waals surface area contributed by atoms with Gasteiger partial charge in [0.05, 0.1) is 0 Å². The van der Waals surface area contributed by atoms with E-state index in [1.807, 2.05) is 18.2 Å². The summed E-state index contributed by atoms with van der Waals surface area (Å²) in [5.74, 6) is 0. The van der Waals surface area contributed by atoms with Crippen LogP contribution in [0, 0.1) is 0 Å². The quantitative estimate of drug-likeness (QED) is 0.335. The molecule has 0 amide bonds. The lowest BCUT2D eigenvalue weighted by Crippen LogP contribution is -1.99. The van der Waals surface area contributed by atoms with Crippen molar-refractivity contribution < 1.29 is 0 Å². The summed E-state index contributed by atoms with van der Waals surface area (Å²) in [6.45, 7) is 0. The number of fused-ring (bicyclic) bond motifs is 3. The fraction of sp³-hybridized carbons (Fsp3) is 0. The molecular formula is C24H15BS. The number of thiophene rings is 1. The second-order valence-electron chi connectivity index (χ2n) is 6.45. The predicted molar refractivity (Wildman–Crippen MR) is 116 cm³/mol. The number of rotatable bonds is 2. The van der Waals surface area contributed by atoms with Crippen LogP contribution >= 0.6 is 11.3 Å². The molecule has 5 aromatic rings. The first-order chi connectivity index (χ1) is 12.8. The van der Waals surface area contributed by atoms with E-state index >= 15 is 0 Å². The topological polar surface area (TPSA) is 0 Å². The highest BCUT2D eigenvalue weighted by Crippen LogP contribution is 2.39. The van der Waals surface area contributed by atoms with E-state index in [1.165, 1.54) is 42.4 Å². The SMILES string of the molecule is [B]c1cccc2c1sc1c(-c3ccc(-c4ccccc4)cc3)cccc12. The average Bonchev–Trinajstić information content (AvgIpc) is 3.09. The van der Waals surface area contributed by atoms with Crippen molar-refractivity contribution in [2.45, 2.75) is 0 Å². The monoisotopic (exact) mass is 346 g/mol. The van der Waals surface area contributed by atoms with Gasteiger partial charge in [-0.2, -0.15) is 0 Å². The van der Waals surface area contributed by atoms with Crippen LogP contribution in [0.5, 0.6) is 0 Å². The summed E-state index contributed by atoms with van der Waals surface area (Å²) in [6.07, 6.45) is 0. The zero-order valence-corrected chi connectivity index (χ0v) is 15.0. The molecule has 26 heavy (non-hydrogen) atoms. The highest BCUT2D eigenvalue weighted by Gasteiger charge is 2.11. The largest absolute Gasteiger partial charge is 0.135 e. The molecule has 0 saturated carbocycles. The van der Waals surface area contributed by atoms with Crippen LogP contribution in [0.1, 0.15) is 0 Å². The van der Waals surface area contributed by atoms with Crippen molar-refractivity contribution in [3.63, 3.8) is 0 Å². The lowest BCUT2D eigenvalue weighted by Gasteiger charge is -2.06. The lowest BCUT2D eigenvalue weighted by molar-refractivity contribution is 1.61. The Morgan fingerprint density at radius 1 is 0.500 bits per heavy atom. The van der Waals surface area contributed by atoms with Crippen molar-refractivity contribution in [3.8, 4) is 22.3 Å². The van der Waals surface area contributed by atoms with Crippen LogP contribution in [-0.2, 0) is 0 Å². The zero-order chi connectivity index (χ0) is 17.5. The van der Waals surface area contributed by atoms with Gasteiger partial charge in [-0.15, -0.1) is 11.3 Å². The zero-order valence-electron chi connectivity index (χ0n) is 14.1. The summed E-state index contributed by atoms with van der Waals surface area (Å²) in [5.41, 5.74) is 5.84. The third kappa shape index (κ3) is 2.46. The fourth-order valence-corrected chi connectivity index (χ4v) is 4.80. The van der Waals surface area contributed by atoms with E-state index in [1.54, 1.807) is 11.3 Å². The van der Waals surface area contributed by atoms with Crippen LogP contribution in [0.4, 0.5) is 0 Å². The average molecular weight is 346 g/mol. The van der Waals surface area contributed by atoms with E-state index in [4.69, 9.17) is 7.85 Å². The highest BCUT2D eigenvalue weighted by molar-refractivity contribution is 7.27. The molecule has 120 valence electrons. The highest BCUT2D eigenvalue weighted by atomic mass is 32.1. The Kier molecular flexibility index (Phi) is 3.65. The van der Waals surface area contributed by atoms with Crippen molar-refractivity contribution in [1.82, 2.24) is 0 Å². The van der Waals surface area contributed by atoms with Crippen molar-refractivity contribution in [2.75, 3.05) is 0 Å². The van der Waals surface area contributed by atoms with Gasteiger partial charge in [-0.05, 0) is 27.6 Å². The first-order valence-corrected chi connectivity index (χ1v) is 9.48. The van der Waals surface area contributed by atoms with Gasteiger partial charge in [0.2, 0.25) is 0 Å². The van der Waals surface area contributed by atoms with E-state index in [0.29, 0.717) is 0 Å². The Bertz CT molecular complexity index is 1220. The summed E-state index contributed by atoms with van der Waals surface area (Å²) in [4.78, 5) is 0. The van der Waals surface area contributed by atoms with Gasteiger partial charge in [-0.3, -0.25) is 0 Å². The molecule has 0 aliphatic heterocycles. The minimum Gasteiger partial charge on any atom is -0.135 e. The summed E-state index contributed by atoms with van der Waals surface area (Å²) in [7, 11) is 6.20. The molecule has 1 aromatic heterocycles. The molecular weight excluding hydrogens is 331 g/mol.